The van der Waals surface area contributed by atoms with Gasteiger partial charge in [0, 0.05) is 0 Å². The molecular formula is C7H8N2O3. The summed E-state index contributed by atoms with van der Waals surface area (Å²) in [7, 11) is 1.25. The predicted octanol–water partition coefficient (Wildman–Crippen LogP) is -0.00853. The molecule has 2 N–H and O–H groups in total. The fourth-order valence-corrected chi connectivity index (χ4v) is 0.728. The van der Waals surface area contributed by atoms with Crippen LogP contribution in [0.5, 0.6) is 0 Å². The summed E-state index contributed by atoms with van der Waals surface area (Å²) in [5, 5.41) is 16.0. The summed E-state index contributed by atoms with van der Waals surface area (Å²) in [6.45, 7) is 0. The van der Waals surface area contributed by atoms with Crippen LogP contribution < -0.4 is 5.49 Å². The molecule has 5 heteroatoms. The number of esters is 1. The molecule has 0 radical (unpaired) electrons. The molecule has 0 aliphatic heterocycles. The van der Waals surface area contributed by atoms with Gasteiger partial charge >= 0.3 is 5.97 Å². The van der Waals surface area contributed by atoms with Crippen molar-refractivity contribution in [2.24, 2.45) is 0 Å². The third-order valence-corrected chi connectivity index (χ3v) is 1.35. The Hall–Kier alpha value is -1.78. The lowest BCUT2D eigenvalue weighted by molar-refractivity contribution is 0.0594. The van der Waals surface area contributed by atoms with Gasteiger partial charge in [0.1, 0.15) is 0 Å². The molecule has 0 amide bonds. The molecule has 0 unspecified atom stereocenters. The van der Waals surface area contributed by atoms with Gasteiger partial charge in [-0.1, -0.05) is 0 Å². The largest absolute Gasteiger partial charge is 0.465 e. The minimum absolute atomic E-state index is 0.0948. The van der Waals surface area contributed by atoms with E-state index in [1.165, 1.54) is 19.2 Å². The molecule has 0 aromatic carbocycles. The quantitative estimate of drug-likeness (QED) is 0.457. The topological polar surface area (TPSA) is 75.3 Å². The summed E-state index contributed by atoms with van der Waals surface area (Å²) in [5.74, 6) is -0.544. The van der Waals surface area contributed by atoms with Crippen molar-refractivity contribution in [1.82, 2.24) is 4.73 Å². The van der Waals surface area contributed by atoms with E-state index in [9.17, 15) is 4.79 Å². The lowest BCUT2D eigenvalue weighted by Gasteiger charge is -2.00. The Morgan fingerprint density at radius 2 is 2.33 bits per heavy atom. The molecule has 1 rings (SSSR count). The van der Waals surface area contributed by atoms with Crippen molar-refractivity contribution in [1.29, 1.82) is 5.41 Å². The third kappa shape index (κ3) is 1.45. The van der Waals surface area contributed by atoms with E-state index in [2.05, 4.69) is 4.74 Å². The second-order valence-corrected chi connectivity index (χ2v) is 2.14. The van der Waals surface area contributed by atoms with E-state index in [0.29, 0.717) is 4.73 Å². The average molecular weight is 168 g/mol. The number of hydrogen-bond donors (Lipinski definition) is 2. The van der Waals surface area contributed by atoms with E-state index < -0.39 is 5.97 Å². The normalized spacial score (nSPS) is 9.42. The molecule has 0 bridgehead atoms. The molecule has 0 saturated heterocycles. The standard InChI is InChI=1S/C7H8N2O3/c1-12-7(10)5-2-3-6(8)9(11)4-5/h2-4,8,11H,1H3. The number of aromatic nitrogens is 1. The molecule has 1 aromatic rings. The summed E-state index contributed by atoms with van der Waals surface area (Å²) in [6, 6.07) is 2.70. The molecule has 0 atom stereocenters. The van der Waals surface area contributed by atoms with Crippen LogP contribution in [-0.2, 0) is 4.74 Å². The van der Waals surface area contributed by atoms with Crippen LogP contribution in [0, 0.1) is 5.41 Å². The van der Waals surface area contributed by atoms with E-state index in [4.69, 9.17) is 10.6 Å². The molecule has 0 fully saturated rings. The third-order valence-electron chi connectivity index (χ3n) is 1.35. The maximum atomic E-state index is 10.9. The van der Waals surface area contributed by atoms with E-state index in [0.717, 1.165) is 6.20 Å². The first kappa shape index (κ1) is 8.32. The zero-order chi connectivity index (χ0) is 9.14. The van der Waals surface area contributed by atoms with Crippen molar-refractivity contribution in [3.05, 3.63) is 29.4 Å². The molecular weight excluding hydrogens is 160 g/mol. The van der Waals surface area contributed by atoms with Crippen molar-refractivity contribution in [3.8, 4) is 0 Å². The number of nitrogens with zero attached hydrogens (tertiary/aromatic N) is 1. The predicted molar refractivity (Wildman–Crippen MR) is 38.8 cm³/mol. The van der Waals surface area contributed by atoms with Crippen LogP contribution in [0.15, 0.2) is 18.3 Å². The Labute approximate surface area is 68.3 Å². The molecule has 0 aliphatic rings. The molecule has 5 nitrogen and oxygen atoms in total. The van der Waals surface area contributed by atoms with Gasteiger partial charge in [0.25, 0.3) is 0 Å². The summed E-state index contributed by atoms with van der Waals surface area (Å²) < 4.78 is 4.95. The van der Waals surface area contributed by atoms with Crippen LogP contribution in [-0.4, -0.2) is 23.0 Å². The van der Waals surface area contributed by atoms with Gasteiger partial charge < -0.3 is 9.94 Å². The van der Waals surface area contributed by atoms with Crippen LogP contribution in [0.2, 0.25) is 0 Å². The Balaban J connectivity index is 3.13. The fraction of sp³-hybridized carbons (Fsp3) is 0.143. The highest BCUT2D eigenvalue weighted by Gasteiger charge is 2.04. The van der Waals surface area contributed by atoms with Crippen LogP contribution in [0.1, 0.15) is 10.4 Å². The van der Waals surface area contributed by atoms with Gasteiger partial charge in [-0.15, -0.1) is 0 Å². The second-order valence-electron chi connectivity index (χ2n) is 2.14. The van der Waals surface area contributed by atoms with Crippen LogP contribution in [0.25, 0.3) is 0 Å². The Morgan fingerprint density at radius 3 is 2.83 bits per heavy atom. The molecule has 0 saturated carbocycles. The van der Waals surface area contributed by atoms with Crippen molar-refractivity contribution in [3.63, 3.8) is 0 Å². The van der Waals surface area contributed by atoms with Gasteiger partial charge in [-0.2, -0.15) is 4.73 Å². The smallest absolute Gasteiger partial charge is 0.339 e. The highest BCUT2D eigenvalue weighted by atomic mass is 16.5. The van der Waals surface area contributed by atoms with Crippen LogP contribution in [0.4, 0.5) is 0 Å². The molecule has 0 aliphatic carbocycles. The van der Waals surface area contributed by atoms with Gasteiger partial charge in [-0.25, -0.2) is 4.79 Å². The minimum Gasteiger partial charge on any atom is -0.465 e. The summed E-state index contributed by atoms with van der Waals surface area (Å²) in [4.78, 5) is 10.9. The number of rotatable bonds is 1. The average Bonchev–Trinajstić information content (AvgIpc) is 2.08. The molecule has 1 heterocycles. The summed E-state index contributed by atoms with van der Waals surface area (Å²) in [6.07, 6.45) is 1.12. The van der Waals surface area contributed by atoms with E-state index in [1.54, 1.807) is 0 Å². The Morgan fingerprint density at radius 1 is 1.67 bits per heavy atom. The van der Waals surface area contributed by atoms with Gasteiger partial charge in [-0.05, 0) is 12.1 Å². The number of hydrogen-bond acceptors (Lipinski definition) is 4. The molecule has 0 spiro atoms. The lowest BCUT2D eigenvalue weighted by Crippen LogP contribution is -2.18. The van der Waals surface area contributed by atoms with Crippen molar-refractivity contribution in [2.45, 2.75) is 0 Å². The van der Waals surface area contributed by atoms with Crippen molar-refractivity contribution >= 4 is 5.97 Å². The first-order valence-electron chi connectivity index (χ1n) is 3.20. The van der Waals surface area contributed by atoms with Crippen LogP contribution in [0.3, 0.4) is 0 Å². The molecule has 12 heavy (non-hydrogen) atoms. The van der Waals surface area contributed by atoms with Gasteiger partial charge in [0.15, 0.2) is 5.49 Å². The SMILES string of the molecule is COC(=O)c1ccc(=N)n(O)c1. The summed E-state index contributed by atoms with van der Waals surface area (Å²) >= 11 is 0. The monoisotopic (exact) mass is 168 g/mol. The number of ether oxygens (including phenoxy) is 1. The number of nitrogens with one attached hydrogen (secondary N) is 1. The second kappa shape index (κ2) is 3.08. The Bertz CT molecular complexity index is 356. The van der Waals surface area contributed by atoms with E-state index in [-0.39, 0.29) is 11.1 Å². The minimum atomic E-state index is -0.544. The molecule has 1 aromatic heterocycles. The number of pyridine rings is 1. The van der Waals surface area contributed by atoms with Crippen molar-refractivity contribution < 1.29 is 14.7 Å². The van der Waals surface area contributed by atoms with E-state index in [1.807, 2.05) is 0 Å². The van der Waals surface area contributed by atoms with Crippen molar-refractivity contribution in [2.75, 3.05) is 7.11 Å². The zero-order valence-corrected chi connectivity index (χ0v) is 6.44. The van der Waals surface area contributed by atoms with Gasteiger partial charge in [-0.3, -0.25) is 5.41 Å². The number of carbonyl (C=O) groups is 1. The zero-order valence-electron chi connectivity index (χ0n) is 6.44. The highest BCUT2D eigenvalue weighted by molar-refractivity contribution is 5.88. The maximum absolute atomic E-state index is 10.9. The molecule has 64 valence electrons. The van der Waals surface area contributed by atoms with Crippen LogP contribution >= 0.6 is 0 Å². The number of carbonyl (C=O) groups excluding carboxylic acids is 1. The Kier molecular flexibility index (Phi) is 2.14. The first-order chi connectivity index (χ1) is 5.65. The number of methoxy groups -OCH3 is 1. The van der Waals surface area contributed by atoms with Gasteiger partial charge in [0.05, 0.1) is 18.9 Å². The maximum Gasteiger partial charge on any atom is 0.339 e. The van der Waals surface area contributed by atoms with E-state index >= 15 is 0 Å². The highest BCUT2D eigenvalue weighted by Crippen LogP contribution is 1.96. The lowest BCUT2D eigenvalue weighted by atomic mass is 10.3. The fourth-order valence-electron chi connectivity index (χ4n) is 0.728. The first-order valence-corrected chi connectivity index (χ1v) is 3.20. The summed E-state index contributed by atoms with van der Waals surface area (Å²) in [5.41, 5.74) is 0.110. The van der Waals surface area contributed by atoms with Gasteiger partial charge in [0.2, 0.25) is 0 Å².